The van der Waals surface area contributed by atoms with Crippen LogP contribution in [0.3, 0.4) is 0 Å². The van der Waals surface area contributed by atoms with Crippen LogP contribution >= 0.6 is 0 Å². The summed E-state index contributed by atoms with van der Waals surface area (Å²) in [6.45, 7) is 5.70. The van der Waals surface area contributed by atoms with Crippen molar-refractivity contribution in [3.05, 3.63) is 17.7 Å². The molecular formula is C12H17N4+. The lowest BCUT2D eigenvalue weighted by Crippen LogP contribution is -2.35. The number of imidazole rings is 1. The van der Waals surface area contributed by atoms with E-state index in [9.17, 15) is 0 Å². The highest BCUT2D eigenvalue weighted by molar-refractivity contribution is 5.21. The van der Waals surface area contributed by atoms with E-state index in [0.717, 1.165) is 32.4 Å². The fraction of sp³-hybridized carbons (Fsp3) is 0.583. The summed E-state index contributed by atoms with van der Waals surface area (Å²) in [6, 6.07) is 4.34. The summed E-state index contributed by atoms with van der Waals surface area (Å²) in [7, 11) is 0. The minimum atomic E-state index is 0.582. The number of unbranched alkanes of at least 4 members (excludes halogenated alkanes) is 1. The van der Waals surface area contributed by atoms with Crippen LogP contribution in [0, 0.1) is 22.7 Å². The first-order chi connectivity index (χ1) is 7.78. The van der Waals surface area contributed by atoms with Gasteiger partial charge in [0.15, 0.2) is 6.07 Å². The predicted octanol–water partition coefficient (Wildman–Crippen LogP) is 1.73. The van der Waals surface area contributed by atoms with Crippen molar-refractivity contribution in [3.63, 3.8) is 0 Å². The maximum Gasteiger partial charge on any atom is 0.363 e. The highest BCUT2D eigenvalue weighted by Gasteiger charge is 2.21. The molecule has 0 radical (unpaired) electrons. The Bertz CT molecular complexity index is 431. The first-order valence-corrected chi connectivity index (χ1v) is 5.71. The summed E-state index contributed by atoms with van der Waals surface area (Å²) >= 11 is 0. The van der Waals surface area contributed by atoms with E-state index in [1.807, 2.05) is 9.13 Å². The topological polar surface area (TPSA) is 56.4 Å². The van der Waals surface area contributed by atoms with Gasteiger partial charge in [0, 0.05) is 0 Å². The molecule has 0 saturated heterocycles. The fourth-order valence-electron chi connectivity index (χ4n) is 1.72. The predicted molar refractivity (Wildman–Crippen MR) is 59.3 cm³/mol. The van der Waals surface area contributed by atoms with Crippen LogP contribution in [0.5, 0.6) is 0 Å². The monoisotopic (exact) mass is 217 g/mol. The van der Waals surface area contributed by atoms with Crippen molar-refractivity contribution in [2.75, 3.05) is 0 Å². The van der Waals surface area contributed by atoms with Crippen molar-refractivity contribution in [3.8, 4) is 12.1 Å². The van der Waals surface area contributed by atoms with Gasteiger partial charge in [-0.05, 0) is 12.8 Å². The largest absolute Gasteiger partial charge is 0.363 e. The van der Waals surface area contributed by atoms with Gasteiger partial charge in [0.2, 0.25) is 5.69 Å². The van der Waals surface area contributed by atoms with Gasteiger partial charge in [-0.15, -0.1) is 0 Å². The van der Waals surface area contributed by atoms with Crippen LogP contribution in [0.2, 0.25) is 0 Å². The molecule has 0 unspecified atom stereocenters. The van der Waals surface area contributed by atoms with Crippen molar-refractivity contribution in [2.24, 2.45) is 0 Å². The van der Waals surface area contributed by atoms with Crippen LogP contribution in [0.4, 0.5) is 0 Å². The van der Waals surface area contributed by atoms with E-state index in [2.05, 4.69) is 26.0 Å². The minimum Gasteiger partial charge on any atom is -0.220 e. The first kappa shape index (κ1) is 12.3. The Morgan fingerprint density at radius 2 is 2.00 bits per heavy atom. The van der Waals surface area contributed by atoms with Crippen molar-refractivity contribution in [1.82, 2.24) is 4.57 Å². The number of hydrogen-bond donors (Lipinski definition) is 0. The molecule has 0 bridgehead atoms. The molecule has 16 heavy (non-hydrogen) atoms. The van der Waals surface area contributed by atoms with Gasteiger partial charge in [-0.25, -0.2) is 9.13 Å². The van der Waals surface area contributed by atoms with Crippen molar-refractivity contribution >= 4 is 0 Å². The molecule has 1 rings (SSSR count). The second-order valence-corrected chi connectivity index (χ2v) is 3.76. The smallest absolute Gasteiger partial charge is 0.220 e. The molecule has 0 N–H and O–H groups in total. The van der Waals surface area contributed by atoms with E-state index in [4.69, 9.17) is 10.5 Å². The lowest BCUT2D eigenvalue weighted by atomic mass is 10.3. The van der Waals surface area contributed by atoms with Crippen LogP contribution in [0.15, 0.2) is 6.20 Å². The molecular weight excluding hydrogens is 200 g/mol. The zero-order chi connectivity index (χ0) is 12.0. The first-order valence-electron chi connectivity index (χ1n) is 5.71. The lowest BCUT2D eigenvalue weighted by molar-refractivity contribution is -0.699. The van der Waals surface area contributed by atoms with Gasteiger partial charge < -0.3 is 0 Å². The summed E-state index contributed by atoms with van der Waals surface area (Å²) < 4.78 is 3.69. The quantitative estimate of drug-likeness (QED) is 0.705. The number of nitrogens with zero attached hydrogens (tertiary/aromatic N) is 4. The second-order valence-electron chi connectivity index (χ2n) is 3.76. The van der Waals surface area contributed by atoms with Gasteiger partial charge in [-0.1, -0.05) is 20.3 Å². The third-order valence-corrected chi connectivity index (χ3v) is 2.51. The highest BCUT2D eigenvalue weighted by Crippen LogP contribution is 2.05. The number of rotatable bonds is 5. The van der Waals surface area contributed by atoms with Crippen LogP contribution in [0.1, 0.15) is 44.6 Å². The Kier molecular flexibility index (Phi) is 4.54. The highest BCUT2D eigenvalue weighted by atomic mass is 15.2. The summed E-state index contributed by atoms with van der Waals surface area (Å²) in [5.41, 5.74) is 0.582. The molecule has 0 atom stereocenters. The van der Waals surface area contributed by atoms with Gasteiger partial charge in [-0.2, -0.15) is 10.5 Å². The van der Waals surface area contributed by atoms with Gasteiger partial charge >= 0.3 is 5.82 Å². The van der Waals surface area contributed by atoms with E-state index in [1.165, 1.54) is 0 Å². The molecule has 1 aromatic rings. The molecule has 0 aliphatic carbocycles. The van der Waals surface area contributed by atoms with Crippen LogP contribution in [0.25, 0.3) is 0 Å². The van der Waals surface area contributed by atoms with Gasteiger partial charge in [0.25, 0.3) is 0 Å². The summed E-state index contributed by atoms with van der Waals surface area (Å²) in [5.74, 6) is 0.590. The summed E-state index contributed by atoms with van der Waals surface area (Å²) in [5, 5.41) is 18.2. The van der Waals surface area contributed by atoms with Crippen molar-refractivity contribution in [1.29, 1.82) is 10.5 Å². The molecule has 0 aliphatic rings. The van der Waals surface area contributed by atoms with E-state index in [1.54, 1.807) is 6.20 Å². The Hall–Kier alpha value is -1.81. The van der Waals surface area contributed by atoms with Crippen LogP contribution in [-0.4, -0.2) is 4.57 Å². The Balaban J connectivity index is 3.12. The molecule has 0 amide bonds. The van der Waals surface area contributed by atoms with Crippen molar-refractivity contribution in [2.45, 2.75) is 46.2 Å². The molecule has 0 saturated carbocycles. The normalized spacial score (nSPS) is 9.75. The maximum atomic E-state index is 9.13. The fourth-order valence-corrected chi connectivity index (χ4v) is 1.72. The molecule has 84 valence electrons. The second kappa shape index (κ2) is 5.92. The van der Waals surface area contributed by atoms with E-state index in [-0.39, 0.29) is 0 Å². The average Bonchev–Trinajstić information content (AvgIpc) is 2.64. The minimum absolute atomic E-state index is 0.582. The molecule has 1 heterocycles. The Morgan fingerprint density at radius 3 is 2.50 bits per heavy atom. The van der Waals surface area contributed by atoms with Crippen molar-refractivity contribution < 1.29 is 4.57 Å². The van der Waals surface area contributed by atoms with Crippen LogP contribution in [-0.2, 0) is 13.1 Å². The molecule has 4 nitrogen and oxygen atoms in total. The number of aromatic nitrogens is 2. The number of nitriles is 2. The van der Waals surface area contributed by atoms with E-state index < -0.39 is 0 Å². The summed E-state index contributed by atoms with van der Waals surface area (Å²) in [4.78, 5) is 0. The molecule has 4 heteroatoms. The van der Waals surface area contributed by atoms with E-state index in [0.29, 0.717) is 11.5 Å². The molecule has 0 spiro atoms. The van der Waals surface area contributed by atoms with E-state index >= 15 is 0 Å². The van der Waals surface area contributed by atoms with Crippen LogP contribution < -0.4 is 4.57 Å². The molecule has 0 fully saturated rings. The third-order valence-electron chi connectivity index (χ3n) is 2.51. The zero-order valence-corrected chi connectivity index (χ0v) is 9.90. The SMILES string of the molecule is CCCCn1c(C#N)c[n+](CCC)c1C#N. The average molecular weight is 217 g/mol. The Labute approximate surface area is 96.3 Å². The molecule has 0 aromatic carbocycles. The van der Waals surface area contributed by atoms with Gasteiger partial charge in [0.1, 0.15) is 12.3 Å². The zero-order valence-electron chi connectivity index (χ0n) is 9.90. The Morgan fingerprint density at radius 1 is 1.25 bits per heavy atom. The van der Waals surface area contributed by atoms with Gasteiger partial charge in [-0.3, -0.25) is 0 Å². The number of aryl methyl sites for hydroxylation is 1. The molecule has 1 aromatic heterocycles. The maximum absolute atomic E-state index is 9.13. The standard InChI is InChI=1S/C12H17N4/c1-3-5-7-16-11(8-13)10-15(6-4-2)12(16)9-14/h10H,3-7H2,1-2H3/q+1. The lowest BCUT2D eigenvalue weighted by Gasteiger charge is -1.97. The molecule has 0 aliphatic heterocycles. The summed E-state index contributed by atoms with van der Waals surface area (Å²) in [6.07, 6.45) is 4.78. The third kappa shape index (κ3) is 2.41. The van der Waals surface area contributed by atoms with Gasteiger partial charge in [0.05, 0.1) is 13.1 Å². The number of hydrogen-bond acceptors (Lipinski definition) is 2.